The van der Waals surface area contributed by atoms with E-state index < -0.39 is 12.1 Å². The number of nitrogens with zero attached hydrogens (tertiary/aromatic N) is 1. The molecule has 3 amide bonds. The molecule has 1 aliphatic rings. The average Bonchev–Trinajstić information content (AvgIpc) is 2.92. The minimum absolute atomic E-state index is 0.137. The molecule has 1 aromatic rings. The largest absolute Gasteiger partial charge is 0.465 e. The molecular formula is C23H26N2O5S2. The molecule has 0 fully saturated rings. The quantitative estimate of drug-likeness (QED) is 0.294. The van der Waals surface area contributed by atoms with Gasteiger partial charge in [-0.25, -0.2) is 14.9 Å². The van der Waals surface area contributed by atoms with Crippen LogP contribution in [0.3, 0.4) is 0 Å². The SMILES string of the molecule is C=CC1=C(/C=C\C)N(C(=O)NC(=O)OCCSSCCOC(C)=O)c2ccccc2C=C1. The Morgan fingerprint density at radius 2 is 1.78 bits per heavy atom. The number of fused-ring (bicyclic) bond motifs is 1. The maximum absolute atomic E-state index is 13.1. The Hall–Kier alpha value is -2.91. The number of hydrogen-bond acceptors (Lipinski definition) is 7. The smallest absolute Gasteiger partial charge is 0.415 e. The number of alkyl carbamates (subject to hydrolysis) is 1. The lowest BCUT2D eigenvalue weighted by Crippen LogP contribution is -2.43. The van der Waals surface area contributed by atoms with Crippen molar-refractivity contribution < 1.29 is 23.9 Å². The predicted octanol–water partition coefficient (Wildman–Crippen LogP) is 5.33. The Balaban J connectivity index is 1.97. The van der Waals surface area contributed by atoms with Crippen LogP contribution >= 0.6 is 21.6 Å². The van der Waals surface area contributed by atoms with Crippen LogP contribution in [0.5, 0.6) is 0 Å². The van der Waals surface area contributed by atoms with E-state index in [9.17, 15) is 14.4 Å². The molecule has 1 N–H and O–H groups in total. The number of para-hydroxylation sites is 1. The van der Waals surface area contributed by atoms with Crippen molar-refractivity contribution in [3.05, 3.63) is 72.0 Å². The molecule has 0 saturated heterocycles. The lowest BCUT2D eigenvalue weighted by atomic mass is 10.1. The Morgan fingerprint density at radius 1 is 1.09 bits per heavy atom. The van der Waals surface area contributed by atoms with E-state index >= 15 is 0 Å². The fourth-order valence-corrected chi connectivity index (χ4v) is 4.41. The van der Waals surface area contributed by atoms with Gasteiger partial charge in [0.1, 0.15) is 13.2 Å². The van der Waals surface area contributed by atoms with Crippen LogP contribution in [0.15, 0.2) is 66.4 Å². The number of anilines is 1. The van der Waals surface area contributed by atoms with E-state index in [0.29, 0.717) is 29.5 Å². The number of esters is 1. The van der Waals surface area contributed by atoms with Gasteiger partial charge in [-0.05, 0) is 30.2 Å². The van der Waals surface area contributed by atoms with E-state index in [1.54, 1.807) is 12.2 Å². The first-order chi connectivity index (χ1) is 15.5. The second kappa shape index (κ2) is 13.5. The zero-order valence-electron chi connectivity index (χ0n) is 18.0. The lowest BCUT2D eigenvalue weighted by Gasteiger charge is -2.25. The van der Waals surface area contributed by atoms with Gasteiger partial charge in [0.25, 0.3) is 0 Å². The highest BCUT2D eigenvalue weighted by Gasteiger charge is 2.26. The predicted molar refractivity (Wildman–Crippen MR) is 131 cm³/mol. The highest BCUT2D eigenvalue weighted by Crippen LogP contribution is 2.31. The number of benzene rings is 1. The third kappa shape index (κ3) is 7.65. The fourth-order valence-electron chi connectivity index (χ4n) is 2.76. The number of allylic oxidation sites excluding steroid dienone is 5. The van der Waals surface area contributed by atoms with Gasteiger partial charge in [0.15, 0.2) is 0 Å². The van der Waals surface area contributed by atoms with E-state index in [1.165, 1.54) is 33.4 Å². The molecule has 1 aliphatic heterocycles. The van der Waals surface area contributed by atoms with Crippen LogP contribution in [-0.4, -0.2) is 42.8 Å². The van der Waals surface area contributed by atoms with Crippen LogP contribution in [0.25, 0.3) is 6.08 Å². The first-order valence-electron chi connectivity index (χ1n) is 9.90. The van der Waals surface area contributed by atoms with E-state index in [-0.39, 0.29) is 12.6 Å². The minimum Gasteiger partial charge on any atom is -0.465 e. The summed E-state index contributed by atoms with van der Waals surface area (Å²) >= 11 is 0. The number of carbonyl (C=O) groups is 3. The first kappa shape index (κ1) is 25.4. The maximum atomic E-state index is 13.1. The third-order valence-corrected chi connectivity index (χ3v) is 6.40. The second-order valence-corrected chi connectivity index (χ2v) is 9.02. The zero-order chi connectivity index (χ0) is 23.3. The molecule has 0 saturated carbocycles. The molecule has 1 heterocycles. The number of rotatable bonds is 9. The van der Waals surface area contributed by atoms with Gasteiger partial charge in [-0.15, -0.1) is 0 Å². The van der Waals surface area contributed by atoms with Gasteiger partial charge in [-0.1, -0.05) is 70.7 Å². The van der Waals surface area contributed by atoms with Crippen LogP contribution < -0.4 is 10.2 Å². The van der Waals surface area contributed by atoms with Gasteiger partial charge in [0.05, 0.1) is 11.4 Å². The van der Waals surface area contributed by atoms with Crippen molar-refractivity contribution in [3.8, 4) is 0 Å². The number of ether oxygens (including phenoxy) is 2. The molecule has 0 bridgehead atoms. The second-order valence-electron chi connectivity index (χ2n) is 6.32. The van der Waals surface area contributed by atoms with Gasteiger partial charge in [-0.3, -0.25) is 9.69 Å². The molecular weight excluding hydrogens is 448 g/mol. The Morgan fingerprint density at radius 3 is 2.44 bits per heavy atom. The molecule has 170 valence electrons. The van der Waals surface area contributed by atoms with E-state index in [4.69, 9.17) is 9.47 Å². The highest BCUT2D eigenvalue weighted by molar-refractivity contribution is 8.76. The van der Waals surface area contributed by atoms with Crippen molar-refractivity contribution in [1.82, 2.24) is 5.32 Å². The number of amides is 3. The van der Waals surface area contributed by atoms with Crippen LogP contribution in [0.2, 0.25) is 0 Å². The summed E-state index contributed by atoms with van der Waals surface area (Å²) in [5.41, 5.74) is 2.80. The Bertz CT molecular complexity index is 940. The van der Waals surface area contributed by atoms with Gasteiger partial charge in [0.2, 0.25) is 0 Å². The maximum Gasteiger partial charge on any atom is 0.415 e. The highest BCUT2D eigenvalue weighted by atomic mass is 33.1. The van der Waals surface area contributed by atoms with Crippen molar-refractivity contribution in [1.29, 1.82) is 0 Å². The van der Waals surface area contributed by atoms with Crippen molar-refractivity contribution in [2.45, 2.75) is 13.8 Å². The number of urea groups is 1. The first-order valence-corrected chi connectivity index (χ1v) is 12.4. The van der Waals surface area contributed by atoms with Gasteiger partial charge < -0.3 is 9.47 Å². The molecule has 7 nitrogen and oxygen atoms in total. The molecule has 0 aliphatic carbocycles. The van der Waals surface area contributed by atoms with Crippen LogP contribution in [0.1, 0.15) is 19.4 Å². The lowest BCUT2D eigenvalue weighted by molar-refractivity contribution is -0.140. The van der Waals surface area contributed by atoms with Crippen LogP contribution in [0, 0.1) is 0 Å². The standard InChI is InChI=1S/C23H26N2O5S2/c1-4-8-20-18(5-2)11-12-19-9-6-7-10-21(19)25(20)22(27)24-23(28)30-14-16-32-31-15-13-29-17(3)26/h4-12H,2,13-16H2,1,3H3,(H,24,27,28)/b8-4-. The molecule has 9 heteroatoms. The molecule has 0 unspecified atom stereocenters. The molecule has 1 aromatic carbocycles. The Labute approximate surface area is 196 Å². The third-order valence-electron chi connectivity index (χ3n) is 4.07. The number of nitrogens with one attached hydrogen (secondary N) is 1. The van der Waals surface area contributed by atoms with Crippen molar-refractivity contribution >= 4 is 51.4 Å². The molecule has 0 radical (unpaired) electrons. The monoisotopic (exact) mass is 474 g/mol. The number of hydrogen-bond donors (Lipinski definition) is 1. The van der Waals surface area contributed by atoms with Gasteiger partial charge in [0, 0.05) is 18.4 Å². The van der Waals surface area contributed by atoms with Crippen molar-refractivity contribution in [3.63, 3.8) is 0 Å². The molecule has 2 rings (SSSR count). The van der Waals surface area contributed by atoms with E-state index in [0.717, 1.165) is 11.1 Å². The Kier molecular flexibility index (Phi) is 10.7. The molecule has 0 spiro atoms. The van der Waals surface area contributed by atoms with Crippen molar-refractivity contribution in [2.24, 2.45) is 0 Å². The normalized spacial score (nSPS) is 12.9. The molecule has 0 aromatic heterocycles. The zero-order valence-corrected chi connectivity index (χ0v) is 19.7. The topological polar surface area (TPSA) is 84.9 Å². The summed E-state index contributed by atoms with van der Waals surface area (Å²) < 4.78 is 9.96. The fraction of sp³-hybridized carbons (Fsp3) is 0.261. The van der Waals surface area contributed by atoms with E-state index in [2.05, 4.69) is 11.9 Å². The number of imide groups is 1. The summed E-state index contributed by atoms with van der Waals surface area (Å²) in [5.74, 6) is 0.867. The summed E-state index contributed by atoms with van der Waals surface area (Å²) in [6.45, 7) is 7.52. The average molecular weight is 475 g/mol. The van der Waals surface area contributed by atoms with Gasteiger partial charge in [-0.2, -0.15) is 0 Å². The van der Waals surface area contributed by atoms with Crippen LogP contribution in [-0.2, 0) is 14.3 Å². The molecule has 32 heavy (non-hydrogen) atoms. The van der Waals surface area contributed by atoms with E-state index in [1.807, 2.05) is 49.4 Å². The minimum atomic E-state index is -0.824. The summed E-state index contributed by atoms with van der Waals surface area (Å²) in [6, 6.07) is 6.78. The molecule has 0 atom stereocenters. The van der Waals surface area contributed by atoms with Gasteiger partial charge >= 0.3 is 18.1 Å². The summed E-state index contributed by atoms with van der Waals surface area (Å²) in [5, 5.41) is 2.30. The van der Waals surface area contributed by atoms with Crippen LogP contribution in [0.4, 0.5) is 15.3 Å². The van der Waals surface area contributed by atoms with Crippen molar-refractivity contribution in [2.75, 3.05) is 29.6 Å². The number of carbonyl (C=O) groups excluding carboxylic acids is 3. The summed E-state index contributed by atoms with van der Waals surface area (Å²) in [4.78, 5) is 37.4. The summed E-state index contributed by atoms with van der Waals surface area (Å²) in [7, 11) is 3.00. The summed E-state index contributed by atoms with van der Waals surface area (Å²) in [6.07, 6.45) is 8.22.